The van der Waals surface area contributed by atoms with Gasteiger partial charge in [0.25, 0.3) is 0 Å². The molecule has 0 aliphatic rings. The number of anilines is 1. The molecule has 4 heteroatoms. The average Bonchev–Trinajstić information content (AvgIpc) is 2.20. The Labute approximate surface area is 110 Å². The van der Waals surface area contributed by atoms with Gasteiger partial charge in [-0.25, -0.2) is 4.39 Å². The Morgan fingerprint density at radius 2 is 2.19 bits per heavy atom. The van der Waals surface area contributed by atoms with Crippen molar-refractivity contribution >= 4 is 28.3 Å². The number of ether oxygens (including phenoxy) is 1. The van der Waals surface area contributed by atoms with Crippen molar-refractivity contribution in [2.75, 3.05) is 25.1 Å². The van der Waals surface area contributed by atoms with E-state index in [0.29, 0.717) is 12.5 Å². The van der Waals surface area contributed by atoms with Crippen molar-refractivity contribution in [1.82, 2.24) is 0 Å². The first-order valence-corrected chi connectivity index (χ1v) is 6.44. The summed E-state index contributed by atoms with van der Waals surface area (Å²) >= 11 is 2.11. The molecule has 0 heterocycles. The maximum Gasteiger partial charge on any atom is 0.124 e. The molecule has 1 aromatic rings. The number of benzene rings is 1. The summed E-state index contributed by atoms with van der Waals surface area (Å²) in [5.74, 6) is 0.358. The molecule has 0 saturated carbocycles. The summed E-state index contributed by atoms with van der Waals surface area (Å²) in [4.78, 5) is 0. The van der Waals surface area contributed by atoms with Crippen molar-refractivity contribution in [1.29, 1.82) is 0 Å². The van der Waals surface area contributed by atoms with Crippen molar-refractivity contribution in [2.45, 2.75) is 13.8 Å². The first-order chi connectivity index (χ1) is 7.59. The van der Waals surface area contributed by atoms with Crippen LogP contribution in [0, 0.1) is 15.3 Å². The normalized spacial score (nSPS) is 10.8. The second kappa shape index (κ2) is 7.06. The predicted octanol–water partition coefficient (Wildman–Crippen LogP) is 3.51. The lowest BCUT2D eigenvalue weighted by molar-refractivity contribution is 0.118. The van der Waals surface area contributed by atoms with Crippen LogP contribution in [0.25, 0.3) is 0 Å². The Kier molecular flexibility index (Phi) is 6.05. The van der Waals surface area contributed by atoms with E-state index < -0.39 is 0 Å². The molecule has 0 aliphatic carbocycles. The third-order valence-electron chi connectivity index (χ3n) is 1.94. The summed E-state index contributed by atoms with van der Waals surface area (Å²) in [5, 5.41) is 3.21. The molecule has 0 fully saturated rings. The minimum atomic E-state index is -0.203. The van der Waals surface area contributed by atoms with Crippen LogP contribution in [0.1, 0.15) is 13.8 Å². The molecule has 0 saturated heterocycles. The summed E-state index contributed by atoms with van der Waals surface area (Å²) < 4.78 is 19.2. The van der Waals surface area contributed by atoms with Gasteiger partial charge in [0.05, 0.1) is 6.61 Å². The van der Waals surface area contributed by atoms with Crippen molar-refractivity contribution in [3.63, 3.8) is 0 Å². The largest absolute Gasteiger partial charge is 0.382 e. The average molecular weight is 337 g/mol. The Balaban J connectivity index is 2.27. The fourth-order valence-corrected chi connectivity index (χ4v) is 1.88. The minimum absolute atomic E-state index is 0.203. The van der Waals surface area contributed by atoms with Crippen LogP contribution in [0.5, 0.6) is 0 Å². The monoisotopic (exact) mass is 337 g/mol. The Hall–Kier alpha value is -0.360. The highest BCUT2D eigenvalue weighted by Crippen LogP contribution is 2.18. The number of hydrogen-bond acceptors (Lipinski definition) is 2. The van der Waals surface area contributed by atoms with Crippen molar-refractivity contribution in [3.8, 4) is 0 Å². The molecule has 0 amide bonds. The zero-order valence-corrected chi connectivity index (χ0v) is 11.8. The first kappa shape index (κ1) is 13.7. The standard InChI is InChI=1S/C12H17FINO/c1-9(2)8-16-6-5-15-12-4-3-10(13)7-11(12)14/h3-4,7,9,15H,5-6,8H2,1-2H3. The van der Waals surface area contributed by atoms with Crippen LogP contribution in [0.3, 0.4) is 0 Å². The highest BCUT2D eigenvalue weighted by molar-refractivity contribution is 14.1. The molecule has 0 unspecified atom stereocenters. The molecule has 0 spiro atoms. The van der Waals surface area contributed by atoms with Crippen LogP contribution in [-0.2, 0) is 4.74 Å². The number of nitrogens with one attached hydrogen (secondary N) is 1. The molecular formula is C12H17FINO. The molecule has 0 aliphatic heterocycles. The number of rotatable bonds is 6. The molecule has 0 bridgehead atoms. The van der Waals surface area contributed by atoms with Crippen molar-refractivity contribution in [3.05, 3.63) is 27.6 Å². The molecule has 2 nitrogen and oxygen atoms in total. The van der Waals surface area contributed by atoms with E-state index in [1.54, 1.807) is 6.07 Å². The van der Waals surface area contributed by atoms with E-state index in [4.69, 9.17) is 4.74 Å². The molecule has 90 valence electrons. The van der Waals surface area contributed by atoms with Gasteiger partial charge in [-0.15, -0.1) is 0 Å². The highest BCUT2D eigenvalue weighted by Gasteiger charge is 2.00. The van der Waals surface area contributed by atoms with Crippen LogP contribution in [0.2, 0.25) is 0 Å². The van der Waals surface area contributed by atoms with Crippen LogP contribution in [-0.4, -0.2) is 19.8 Å². The summed E-state index contributed by atoms with van der Waals surface area (Å²) in [6.07, 6.45) is 0. The van der Waals surface area contributed by atoms with Crippen LogP contribution in [0.15, 0.2) is 18.2 Å². The van der Waals surface area contributed by atoms with Gasteiger partial charge in [0.1, 0.15) is 5.82 Å². The van der Waals surface area contributed by atoms with Crippen LogP contribution in [0.4, 0.5) is 10.1 Å². The van der Waals surface area contributed by atoms with E-state index in [-0.39, 0.29) is 5.82 Å². The molecular weight excluding hydrogens is 320 g/mol. The summed E-state index contributed by atoms with van der Waals surface area (Å²) in [5.41, 5.74) is 0.954. The molecule has 0 atom stereocenters. The Bertz CT molecular complexity index is 331. The lowest BCUT2D eigenvalue weighted by Gasteiger charge is -2.10. The van der Waals surface area contributed by atoms with Crippen molar-refractivity contribution in [2.24, 2.45) is 5.92 Å². The second-order valence-corrected chi connectivity index (χ2v) is 5.18. The topological polar surface area (TPSA) is 21.3 Å². The molecule has 1 aromatic carbocycles. The third-order valence-corrected chi connectivity index (χ3v) is 2.84. The van der Waals surface area contributed by atoms with Crippen molar-refractivity contribution < 1.29 is 9.13 Å². The zero-order chi connectivity index (χ0) is 12.0. The second-order valence-electron chi connectivity index (χ2n) is 4.02. The van der Waals surface area contributed by atoms with Crippen LogP contribution < -0.4 is 5.32 Å². The van der Waals surface area contributed by atoms with E-state index in [2.05, 4.69) is 41.8 Å². The van der Waals surface area contributed by atoms with Crippen LogP contribution >= 0.6 is 22.6 Å². The van der Waals surface area contributed by atoms with E-state index in [1.165, 1.54) is 12.1 Å². The summed E-state index contributed by atoms with van der Waals surface area (Å²) in [6, 6.07) is 4.72. The SMILES string of the molecule is CC(C)COCCNc1ccc(F)cc1I. The van der Waals surface area contributed by atoms with Gasteiger partial charge in [-0.1, -0.05) is 13.8 Å². The Morgan fingerprint density at radius 1 is 1.44 bits per heavy atom. The van der Waals surface area contributed by atoms with Gasteiger partial charge < -0.3 is 10.1 Å². The smallest absolute Gasteiger partial charge is 0.124 e. The van der Waals surface area contributed by atoms with Gasteiger partial charge in [-0.2, -0.15) is 0 Å². The first-order valence-electron chi connectivity index (χ1n) is 5.36. The molecule has 1 N–H and O–H groups in total. The number of halogens is 2. The molecule has 0 radical (unpaired) electrons. The fourth-order valence-electron chi connectivity index (χ4n) is 1.21. The van der Waals surface area contributed by atoms with E-state index >= 15 is 0 Å². The van der Waals surface area contributed by atoms with Gasteiger partial charge in [0.2, 0.25) is 0 Å². The van der Waals surface area contributed by atoms with Gasteiger partial charge in [-0.3, -0.25) is 0 Å². The van der Waals surface area contributed by atoms with Gasteiger partial charge >= 0.3 is 0 Å². The minimum Gasteiger partial charge on any atom is -0.382 e. The van der Waals surface area contributed by atoms with Gasteiger partial charge in [0.15, 0.2) is 0 Å². The highest BCUT2D eigenvalue weighted by atomic mass is 127. The summed E-state index contributed by atoms with van der Waals surface area (Å²) in [7, 11) is 0. The Morgan fingerprint density at radius 3 is 2.81 bits per heavy atom. The fraction of sp³-hybridized carbons (Fsp3) is 0.500. The maximum atomic E-state index is 12.8. The number of hydrogen-bond donors (Lipinski definition) is 1. The summed E-state index contributed by atoms with van der Waals surface area (Å²) in [6.45, 7) is 6.44. The lowest BCUT2D eigenvalue weighted by Crippen LogP contribution is -2.12. The lowest BCUT2D eigenvalue weighted by atomic mass is 10.2. The van der Waals surface area contributed by atoms with E-state index in [1.807, 2.05) is 0 Å². The van der Waals surface area contributed by atoms with Gasteiger partial charge in [0, 0.05) is 22.4 Å². The molecule has 16 heavy (non-hydrogen) atoms. The third kappa shape index (κ3) is 5.12. The molecule has 0 aromatic heterocycles. The predicted molar refractivity (Wildman–Crippen MR) is 73.3 cm³/mol. The van der Waals surface area contributed by atoms with E-state index in [9.17, 15) is 4.39 Å². The van der Waals surface area contributed by atoms with E-state index in [0.717, 1.165) is 22.4 Å². The van der Waals surface area contributed by atoms with Gasteiger partial charge in [-0.05, 0) is 46.7 Å². The molecule has 1 rings (SSSR count). The zero-order valence-electron chi connectivity index (χ0n) is 9.59. The maximum absolute atomic E-state index is 12.8. The quantitative estimate of drug-likeness (QED) is 0.634.